The Morgan fingerprint density at radius 1 is 1.50 bits per heavy atom. The lowest BCUT2D eigenvalue weighted by Gasteiger charge is -2.12. The van der Waals surface area contributed by atoms with Crippen LogP contribution >= 0.6 is 0 Å². The van der Waals surface area contributed by atoms with Gasteiger partial charge in [0.25, 0.3) is 5.56 Å². The highest BCUT2D eigenvalue weighted by atomic mass is 19.4. The molecule has 0 amide bonds. The first-order chi connectivity index (χ1) is 6.36. The van der Waals surface area contributed by atoms with Crippen LogP contribution in [0.15, 0.2) is 17.1 Å². The first-order valence-electron chi connectivity index (χ1n) is 3.83. The summed E-state index contributed by atoms with van der Waals surface area (Å²) in [6.45, 7) is -0.301. The summed E-state index contributed by atoms with van der Waals surface area (Å²) >= 11 is 0. The highest BCUT2D eigenvalue weighted by Gasteiger charge is 2.33. The highest BCUT2D eigenvalue weighted by molar-refractivity contribution is 5.26. The number of pyridine rings is 1. The molecule has 0 bridgehead atoms. The topological polar surface area (TPSA) is 48.0 Å². The molecular weight excluding hydrogens is 197 g/mol. The van der Waals surface area contributed by atoms with E-state index in [2.05, 4.69) is 0 Å². The van der Waals surface area contributed by atoms with Crippen LogP contribution in [0.4, 0.5) is 13.2 Å². The molecular formula is C8H9F3N2O. The first kappa shape index (κ1) is 10.8. The van der Waals surface area contributed by atoms with Gasteiger partial charge in [-0.1, -0.05) is 0 Å². The second-order valence-corrected chi connectivity index (χ2v) is 2.86. The molecule has 0 aliphatic rings. The molecule has 1 aromatic heterocycles. The molecule has 0 radical (unpaired) electrons. The Labute approximate surface area is 78.0 Å². The Balaban J connectivity index is 3.43. The summed E-state index contributed by atoms with van der Waals surface area (Å²) in [5.41, 5.74) is 3.58. The highest BCUT2D eigenvalue weighted by Crippen LogP contribution is 2.30. The molecule has 0 aromatic carbocycles. The maximum atomic E-state index is 12.4. The normalized spacial score (nSPS) is 11.8. The minimum atomic E-state index is -4.47. The third-order valence-corrected chi connectivity index (χ3v) is 1.84. The zero-order chi connectivity index (χ0) is 10.9. The van der Waals surface area contributed by atoms with Crippen LogP contribution in [-0.2, 0) is 19.8 Å². The minimum absolute atomic E-state index is 0.180. The third-order valence-electron chi connectivity index (χ3n) is 1.84. The zero-order valence-electron chi connectivity index (χ0n) is 7.43. The van der Waals surface area contributed by atoms with Gasteiger partial charge in [-0.05, 0) is 5.56 Å². The number of alkyl halides is 3. The Bertz CT molecular complexity index is 395. The largest absolute Gasteiger partial charge is 0.418 e. The van der Waals surface area contributed by atoms with E-state index in [1.165, 1.54) is 7.05 Å². The fourth-order valence-corrected chi connectivity index (χ4v) is 1.09. The average Bonchev–Trinajstić information content (AvgIpc) is 2.07. The second kappa shape index (κ2) is 3.45. The Morgan fingerprint density at radius 2 is 2.07 bits per heavy atom. The van der Waals surface area contributed by atoms with Crippen molar-refractivity contribution >= 4 is 0 Å². The molecule has 0 fully saturated rings. The van der Waals surface area contributed by atoms with Crippen molar-refractivity contribution in [1.29, 1.82) is 0 Å². The van der Waals surface area contributed by atoms with Crippen molar-refractivity contribution in [2.75, 3.05) is 0 Å². The van der Waals surface area contributed by atoms with Crippen LogP contribution in [0.5, 0.6) is 0 Å². The first-order valence-corrected chi connectivity index (χ1v) is 3.83. The van der Waals surface area contributed by atoms with Gasteiger partial charge in [0.1, 0.15) is 0 Å². The van der Waals surface area contributed by atoms with Gasteiger partial charge in [-0.2, -0.15) is 13.2 Å². The summed E-state index contributed by atoms with van der Waals surface area (Å²) in [7, 11) is 1.26. The fraction of sp³-hybridized carbons (Fsp3) is 0.375. The van der Waals surface area contributed by atoms with Gasteiger partial charge in [0.05, 0.1) is 5.56 Å². The maximum absolute atomic E-state index is 12.4. The smallest absolute Gasteiger partial charge is 0.326 e. The molecule has 0 unspecified atom stereocenters. The van der Waals surface area contributed by atoms with Crippen LogP contribution in [0.25, 0.3) is 0 Å². The van der Waals surface area contributed by atoms with Crippen molar-refractivity contribution in [3.63, 3.8) is 0 Å². The predicted octanol–water partition coefficient (Wildman–Crippen LogP) is 0.863. The Hall–Kier alpha value is -1.30. The minimum Gasteiger partial charge on any atom is -0.326 e. The molecule has 0 aliphatic carbocycles. The lowest BCUT2D eigenvalue weighted by Crippen LogP contribution is -2.22. The van der Waals surface area contributed by atoms with E-state index in [0.29, 0.717) is 0 Å². The van der Waals surface area contributed by atoms with Crippen LogP contribution in [-0.4, -0.2) is 4.57 Å². The SMILES string of the molecule is Cn1cc(C(F)(F)F)c(CN)cc1=O. The molecule has 0 atom stereocenters. The Morgan fingerprint density at radius 3 is 2.50 bits per heavy atom. The average molecular weight is 206 g/mol. The van der Waals surface area contributed by atoms with Crippen LogP contribution < -0.4 is 11.3 Å². The van der Waals surface area contributed by atoms with Crippen molar-refractivity contribution in [1.82, 2.24) is 4.57 Å². The molecule has 1 aromatic rings. The standard InChI is InChI=1S/C8H9F3N2O/c1-13-4-6(8(9,10)11)5(3-12)2-7(13)14/h2,4H,3,12H2,1H3. The lowest BCUT2D eigenvalue weighted by molar-refractivity contribution is -0.138. The van der Waals surface area contributed by atoms with Gasteiger partial charge < -0.3 is 10.3 Å². The summed E-state index contributed by atoms with van der Waals surface area (Å²) in [4.78, 5) is 11.0. The van der Waals surface area contributed by atoms with E-state index in [1.54, 1.807) is 0 Å². The molecule has 0 spiro atoms. The van der Waals surface area contributed by atoms with Crippen molar-refractivity contribution in [3.05, 3.63) is 33.7 Å². The molecule has 1 rings (SSSR count). The van der Waals surface area contributed by atoms with Crippen molar-refractivity contribution in [2.24, 2.45) is 12.8 Å². The summed E-state index contributed by atoms with van der Waals surface area (Å²) in [5, 5.41) is 0. The van der Waals surface area contributed by atoms with Gasteiger partial charge in [-0.15, -0.1) is 0 Å². The van der Waals surface area contributed by atoms with Gasteiger partial charge in [0.15, 0.2) is 0 Å². The van der Waals surface area contributed by atoms with E-state index in [4.69, 9.17) is 5.73 Å². The van der Waals surface area contributed by atoms with E-state index in [9.17, 15) is 18.0 Å². The third kappa shape index (κ3) is 1.95. The molecule has 0 saturated heterocycles. The molecule has 6 heteroatoms. The monoisotopic (exact) mass is 206 g/mol. The number of rotatable bonds is 1. The molecule has 0 saturated carbocycles. The van der Waals surface area contributed by atoms with E-state index in [0.717, 1.165) is 16.8 Å². The van der Waals surface area contributed by atoms with Gasteiger partial charge in [0, 0.05) is 25.9 Å². The maximum Gasteiger partial charge on any atom is 0.418 e. The number of halogens is 3. The van der Waals surface area contributed by atoms with E-state index in [1.807, 2.05) is 0 Å². The van der Waals surface area contributed by atoms with Crippen molar-refractivity contribution < 1.29 is 13.2 Å². The number of aryl methyl sites for hydroxylation is 1. The van der Waals surface area contributed by atoms with Crippen LogP contribution in [0, 0.1) is 0 Å². The summed E-state index contributed by atoms with van der Waals surface area (Å²) in [6.07, 6.45) is -3.72. The van der Waals surface area contributed by atoms with Gasteiger partial charge >= 0.3 is 6.18 Å². The van der Waals surface area contributed by atoms with Crippen LogP contribution in [0.3, 0.4) is 0 Å². The quantitative estimate of drug-likeness (QED) is 0.740. The number of nitrogens with zero attached hydrogens (tertiary/aromatic N) is 1. The van der Waals surface area contributed by atoms with E-state index < -0.39 is 17.3 Å². The number of hydrogen-bond donors (Lipinski definition) is 1. The second-order valence-electron chi connectivity index (χ2n) is 2.86. The molecule has 3 nitrogen and oxygen atoms in total. The summed E-state index contributed by atoms with van der Waals surface area (Å²) in [6, 6.07) is 0.906. The van der Waals surface area contributed by atoms with Gasteiger partial charge in [-0.3, -0.25) is 4.79 Å². The predicted molar refractivity (Wildman–Crippen MR) is 44.6 cm³/mol. The molecule has 2 N–H and O–H groups in total. The molecule has 0 aliphatic heterocycles. The van der Waals surface area contributed by atoms with E-state index in [-0.39, 0.29) is 12.1 Å². The zero-order valence-corrected chi connectivity index (χ0v) is 7.43. The fourth-order valence-electron chi connectivity index (χ4n) is 1.09. The van der Waals surface area contributed by atoms with Crippen molar-refractivity contribution in [2.45, 2.75) is 12.7 Å². The van der Waals surface area contributed by atoms with Gasteiger partial charge in [0.2, 0.25) is 0 Å². The van der Waals surface area contributed by atoms with Crippen molar-refractivity contribution in [3.8, 4) is 0 Å². The molecule has 14 heavy (non-hydrogen) atoms. The van der Waals surface area contributed by atoms with Gasteiger partial charge in [-0.25, -0.2) is 0 Å². The molecule has 78 valence electrons. The summed E-state index contributed by atoms with van der Waals surface area (Å²) < 4.78 is 38.0. The van der Waals surface area contributed by atoms with Crippen LogP contribution in [0.2, 0.25) is 0 Å². The van der Waals surface area contributed by atoms with E-state index >= 15 is 0 Å². The number of aromatic nitrogens is 1. The Kier molecular flexibility index (Phi) is 2.66. The molecule has 1 heterocycles. The number of nitrogens with two attached hydrogens (primary N) is 1. The number of hydrogen-bond acceptors (Lipinski definition) is 2. The van der Waals surface area contributed by atoms with Crippen LogP contribution in [0.1, 0.15) is 11.1 Å². The lowest BCUT2D eigenvalue weighted by atomic mass is 10.1. The summed E-state index contributed by atoms with van der Waals surface area (Å²) in [5.74, 6) is 0.